The second-order valence-corrected chi connectivity index (χ2v) is 14.9. The number of halogens is 4. The van der Waals surface area contributed by atoms with Gasteiger partial charge in [0.25, 0.3) is 5.91 Å². The van der Waals surface area contributed by atoms with Crippen molar-refractivity contribution < 1.29 is 32.3 Å². The van der Waals surface area contributed by atoms with Crippen molar-refractivity contribution in [3.05, 3.63) is 44.6 Å². The Morgan fingerprint density at radius 1 is 1.00 bits per heavy atom. The van der Waals surface area contributed by atoms with Gasteiger partial charge in [0.05, 0.1) is 28.5 Å². The molecule has 5 heterocycles. The van der Waals surface area contributed by atoms with Crippen LogP contribution < -0.4 is 10.6 Å². The van der Waals surface area contributed by atoms with Crippen molar-refractivity contribution in [1.29, 1.82) is 0 Å². The first-order valence-electron chi connectivity index (χ1n) is 17.0. The number of piperidine rings is 3. The summed E-state index contributed by atoms with van der Waals surface area (Å²) in [5.74, 6) is 0.710. The van der Waals surface area contributed by atoms with Gasteiger partial charge in [0.1, 0.15) is 0 Å². The number of likely N-dealkylation sites (tertiary alicyclic amines) is 3. The second-order valence-electron chi connectivity index (χ2n) is 13.7. The lowest BCUT2D eigenvalue weighted by molar-refractivity contribution is -0.142. The van der Waals surface area contributed by atoms with Crippen molar-refractivity contribution in [3.8, 4) is 0 Å². The summed E-state index contributed by atoms with van der Waals surface area (Å²) < 4.78 is 47.9. The smallest absolute Gasteiger partial charge is 0.418 e. The highest BCUT2D eigenvalue weighted by atomic mass is 35.5. The molecule has 268 valence electrons. The number of nitrogens with one attached hydrogen (secondary N) is 2. The summed E-state index contributed by atoms with van der Waals surface area (Å²) in [6, 6.07) is 2.11. The van der Waals surface area contributed by atoms with Gasteiger partial charge in [0.2, 0.25) is 0 Å². The van der Waals surface area contributed by atoms with Crippen LogP contribution in [0.5, 0.6) is 0 Å². The fourth-order valence-corrected chi connectivity index (χ4v) is 8.91. The summed E-state index contributed by atoms with van der Waals surface area (Å²) in [4.78, 5) is 47.7. The molecule has 0 unspecified atom stereocenters. The van der Waals surface area contributed by atoms with Gasteiger partial charge in [-0.05, 0) is 93.6 Å². The Morgan fingerprint density at radius 3 is 2.27 bits per heavy atom. The topological polar surface area (TPSA) is 97.5 Å². The van der Waals surface area contributed by atoms with E-state index in [2.05, 4.69) is 22.6 Å². The molecule has 2 N–H and O–H groups in total. The van der Waals surface area contributed by atoms with E-state index in [0.717, 1.165) is 56.1 Å². The number of thiophene rings is 1. The molecule has 1 aromatic heterocycles. The molecule has 1 atom stereocenters. The van der Waals surface area contributed by atoms with E-state index in [1.807, 2.05) is 10.8 Å². The summed E-state index contributed by atoms with van der Waals surface area (Å²) in [5.41, 5.74) is 0.825. The van der Waals surface area contributed by atoms with Crippen LogP contribution >= 0.6 is 22.9 Å². The highest BCUT2D eigenvalue weighted by Crippen LogP contribution is 2.40. The van der Waals surface area contributed by atoms with E-state index in [0.29, 0.717) is 57.4 Å². The molecule has 3 fully saturated rings. The molecule has 6 rings (SSSR count). The number of hydrogen-bond acceptors (Lipinski definition) is 7. The molecule has 49 heavy (non-hydrogen) atoms. The predicted molar refractivity (Wildman–Crippen MR) is 183 cm³/mol. The monoisotopic (exact) mass is 724 g/mol. The number of nitrogens with zero attached hydrogens (tertiary/aromatic N) is 4. The first-order valence-corrected chi connectivity index (χ1v) is 18.4. The van der Waals surface area contributed by atoms with E-state index in [-0.39, 0.29) is 34.8 Å². The molecular weight excluding hydrogens is 681 g/mol. The molecule has 2 aromatic rings. The zero-order chi connectivity index (χ0) is 34.9. The Balaban J connectivity index is 1.14. The average molecular weight is 725 g/mol. The van der Waals surface area contributed by atoms with Gasteiger partial charge >= 0.3 is 18.3 Å². The van der Waals surface area contributed by atoms with Gasteiger partial charge in [0, 0.05) is 56.6 Å². The summed E-state index contributed by atoms with van der Waals surface area (Å²) in [6.45, 7) is 4.27. The van der Waals surface area contributed by atoms with E-state index in [4.69, 9.17) is 16.3 Å². The maximum absolute atomic E-state index is 14.0. The minimum atomic E-state index is -4.69. The quantitative estimate of drug-likeness (QED) is 0.334. The van der Waals surface area contributed by atoms with Crippen molar-refractivity contribution in [3.63, 3.8) is 0 Å². The molecule has 15 heteroatoms. The van der Waals surface area contributed by atoms with Crippen LogP contribution in [0.3, 0.4) is 0 Å². The SMILES string of the molecule is CNc1c(Cl)cc(C[C@@H](OC(=O)N2CCC(N3Cc4cscc4NC3=O)CC2)C(=O)N2CCC(C3CCN(C)CC3)CC2)cc1C(F)(F)F. The Morgan fingerprint density at radius 2 is 1.63 bits per heavy atom. The number of anilines is 2. The standard InChI is InChI=1S/C34H44ClF3N6O4S/c1-39-30-26(34(36,37)38)15-21(16-27(30)35)17-29(31(45)42-11-5-23(6-12-42)22-3-9-41(2)10-4-22)48-33(47)43-13-7-25(8-14-43)44-18-24-19-49-20-28(24)40-32(44)46/h15-16,19-20,22-23,25,29,39H,3-14,17-18H2,1-2H3,(H,40,46)/t29-/m1/s1. The van der Waals surface area contributed by atoms with Gasteiger partial charge in [-0.2, -0.15) is 13.2 Å². The number of amides is 4. The summed E-state index contributed by atoms with van der Waals surface area (Å²) >= 11 is 7.81. The van der Waals surface area contributed by atoms with Crippen LogP contribution in [0.4, 0.5) is 34.1 Å². The molecule has 4 aliphatic heterocycles. The summed E-state index contributed by atoms with van der Waals surface area (Å²) in [7, 11) is 3.49. The Hall–Kier alpha value is -3.23. The van der Waals surface area contributed by atoms with Crippen LogP contribution in [0.15, 0.2) is 22.9 Å². The van der Waals surface area contributed by atoms with Crippen molar-refractivity contribution in [2.24, 2.45) is 11.8 Å². The van der Waals surface area contributed by atoms with Crippen LogP contribution in [0.25, 0.3) is 0 Å². The zero-order valence-electron chi connectivity index (χ0n) is 27.9. The highest BCUT2D eigenvalue weighted by Gasteiger charge is 2.39. The van der Waals surface area contributed by atoms with Gasteiger partial charge < -0.3 is 35.0 Å². The molecule has 0 aliphatic carbocycles. The average Bonchev–Trinajstić information content (AvgIpc) is 3.54. The maximum Gasteiger partial charge on any atom is 0.418 e. The highest BCUT2D eigenvalue weighted by molar-refractivity contribution is 7.08. The molecule has 4 amide bonds. The fraction of sp³-hybridized carbons (Fsp3) is 0.618. The number of carbonyl (C=O) groups is 3. The van der Waals surface area contributed by atoms with Crippen LogP contribution in [0.1, 0.15) is 55.2 Å². The number of fused-ring (bicyclic) bond motifs is 1. The third kappa shape index (κ3) is 8.06. The van der Waals surface area contributed by atoms with E-state index in [1.54, 1.807) is 9.80 Å². The zero-order valence-corrected chi connectivity index (χ0v) is 29.4. The predicted octanol–water partition coefficient (Wildman–Crippen LogP) is 6.60. The molecule has 10 nitrogen and oxygen atoms in total. The molecule has 0 spiro atoms. The molecular formula is C34H44ClF3N6O4S. The number of rotatable bonds is 7. The fourth-order valence-electron chi connectivity index (χ4n) is 7.80. The molecule has 0 saturated carbocycles. The Bertz CT molecular complexity index is 1520. The number of urea groups is 1. The van der Waals surface area contributed by atoms with Crippen molar-refractivity contribution >= 4 is 52.3 Å². The first-order chi connectivity index (χ1) is 23.4. The molecule has 0 radical (unpaired) electrons. The maximum atomic E-state index is 14.0. The van der Waals surface area contributed by atoms with Crippen LogP contribution in [-0.2, 0) is 28.7 Å². The van der Waals surface area contributed by atoms with E-state index < -0.39 is 29.8 Å². The summed E-state index contributed by atoms with van der Waals surface area (Å²) in [6.07, 6.45) is -1.96. The minimum absolute atomic E-state index is 0.0750. The van der Waals surface area contributed by atoms with Crippen molar-refractivity contribution in [1.82, 2.24) is 19.6 Å². The van der Waals surface area contributed by atoms with Gasteiger partial charge in [0.15, 0.2) is 6.10 Å². The van der Waals surface area contributed by atoms with Crippen molar-refractivity contribution in [2.45, 2.75) is 69.8 Å². The van der Waals surface area contributed by atoms with Crippen LogP contribution in [-0.4, -0.2) is 103 Å². The van der Waals surface area contributed by atoms with E-state index in [1.165, 1.54) is 29.4 Å². The van der Waals surface area contributed by atoms with Gasteiger partial charge in [-0.15, -0.1) is 11.3 Å². The lowest BCUT2D eigenvalue weighted by Crippen LogP contribution is -2.52. The number of ether oxygens (including phenoxy) is 1. The number of carbonyl (C=O) groups excluding carboxylic acids is 3. The van der Waals surface area contributed by atoms with Gasteiger partial charge in [-0.25, -0.2) is 9.59 Å². The summed E-state index contributed by atoms with van der Waals surface area (Å²) in [5, 5.41) is 9.23. The molecule has 1 aromatic carbocycles. The normalized spacial score (nSPS) is 20.9. The molecule has 4 aliphatic rings. The van der Waals surface area contributed by atoms with E-state index >= 15 is 0 Å². The lowest BCUT2D eigenvalue weighted by atomic mass is 9.79. The third-order valence-corrected chi connectivity index (χ3v) is 11.8. The Labute approximate surface area is 293 Å². The first kappa shape index (κ1) is 35.6. The lowest BCUT2D eigenvalue weighted by Gasteiger charge is -2.41. The van der Waals surface area contributed by atoms with E-state index in [9.17, 15) is 27.6 Å². The van der Waals surface area contributed by atoms with Crippen LogP contribution in [0.2, 0.25) is 5.02 Å². The number of benzene rings is 1. The third-order valence-electron chi connectivity index (χ3n) is 10.7. The van der Waals surface area contributed by atoms with Gasteiger partial charge in [-0.1, -0.05) is 11.6 Å². The molecule has 0 bridgehead atoms. The number of hydrogen-bond donors (Lipinski definition) is 2. The number of alkyl halides is 3. The van der Waals surface area contributed by atoms with Gasteiger partial charge in [-0.3, -0.25) is 4.79 Å². The Kier molecular flexibility index (Phi) is 10.9. The molecule has 3 saturated heterocycles. The van der Waals surface area contributed by atoms with Crippen molar-refractivity contribution in [2.75, 3.05) is 64.0 Å². The minimum Gasteiger partial charge on any atom is -0.436 e. The largest absolute Gasteiger partial charge is 0.436 e. The second kappa shape index (κ2) is 14.9. The van der Waals surface area contributed by atoms with Crippen LogP contribution in [0, 0.1) is 11.8 Å².